The van der Waals surface area contributed by atoms with Crippen molar-refractivity contribution in [1.29, 1.82) is 0 Å². The van der Waals surface area contributed by atoms with Gasteiger partial charge in [-0.25, -0.2) is 0 Å². The van der Waals surface area contributed by atoms with E-state index < -0.39 is 0 Å². The van der Waals surface area contributed by atoms with Crippen LogP contribution in [0.2, 0.25) is 0 Å². The molecule has 0 radical (unpaired) electrons. The molecule has 1 N–H and O–H groups in total. The van der Waals surface area contributed by atoms with Crippen LogP contribution in [-0.4, -0.2) is 20.7 Å². The van der Waals surface area contributed by atoms with Gasteiger partial charge >= 0.3 is 0 Å². The third-order valence-electron chi connectivity index (χ3n) is 4.81. The number of carbonyl (C=O) groups is 1. The van der Waals surface area contributed by atoms with Crippen LogP contribution in [0.5, 0.6) is 0 Å². The van der Waals surface area contributed by atoms with E-state index in [9.17, 15) is 4.79 Å². The Morgan fingerprint density at radius 2 is 1.88 bits per heavy atom. The monoisotopic (exact) mass is 346 g/mol. The van der Waals surface area contributed by atoms with Crippen molar-refractivity contribution < 1.29 is 4.79 Å². The lowest BCUT2D eigenvalue weighted by Gasteiger charge is -2.05. The van der Waals surface area contributed by atoms with Gasteiger partial charge in [-0.05, 0) is 60.1 Å². The zero-order valence-electron chi connectivity index (χ0n) is 14.7. The van der Waals surface area contributed by atoms with Gasteiger partial charge in [-0.2, -0.15) is 5.10 Å². The molecule has 0 atom stereocenters. The van der Waals surface area contributed by atoms with E-state index in [4.69, 9.17) is 0 Å². The number of rotatable bonds is 6. The maximum atomic E-state index is 12.3. The molecule has 1 aliphatic carbocycles. The summed E-state index contributed by atoms with van der Waals surface area (Å²) < 4.78 is 1.85. The molecule has 0 unspecified atom stereocenters. The molecule has 3 aromatic rings. The molecule has 2 heterocycles. The van der Waals surface area contributed by atoms with Gasteiger partial charge in [-0.15, -0.1) is 0 Å². The van der Waals surface area contributed by atoms with Crippen LogP contribution in [0.25, 0.3) is 0 Å². The third-order valence-corrected chi connectivity index (χ3v) is 4.81. The normalized spacial score (nSPS) is 12.8. The molecular formula is C21H22N4O. The first kappa shape index (κ1) is 16.5. The lowest BCUT2D eigenvalue weighted by molar-refractivity contribution is -0.115. The Kier molecular flexibility index (Phi) is 4.78. The maximum absolute atomic E-state index is 12.3. The number of nitrogens with one attached hydrogen (secondary N) is 1. The van der Waals surface area contributed by atoms with Gasteiger partial charge in [0.25, 0.3) is 0 Å². The third kappa shape index (κ3) is 3.99. The Labute approximate surface area is 153 Å². The summed E-state index contributed by atoms with van der Waals surface area (Å²) in [4.78, 5) is 16.3. The molecule has 1 aromatic carbocycles. The number of aromatic nitrogens is 3. The van der Waals surface area contributed by atoms with E-state index in [0.29, 0.717) is 12.2 Å². The zero-order chi connectivity index (χ0) is 17.8. The van der Waals surface area contributed by atoms with Gasteiger partial charge in [0.1, 0.15) is 0 Å². The lowest BCUT2D eigenvalue weighted by Crippen LogP contribution is -2.15. The zero-order valence-corrected chi connectivity index (χ0v) is 14.7. The van der Waals surface area contributed by atoms with Gasteiger partial charge in [0.2, 0.25) is 5.91 Å². The van der Waals surface area contributed by atoms with E-state index in [-0.39, 0.29) is 5.91 Å². The van der Waals surface area contributed by atoms with Crippen molar-refractivity contribution in [1.82, 2.24) is 14.8 Å². The summed E-state index contributed by atoms with van der Waals surface area (Å²) in [6.45, 7) is 0.769. The molecule has 4 rings (SSSR count). The van der Waals surface area contributed by atoms with Crippen LogP contribution >= 0.6 is 0 Å². The van der Waals surface area contributed by atoms with Crippen molar-refractivity contribution in [2.24, 2.45) is 0 Å². The second kappa shape index (κ2) is 7.52. The number of aryl methyl sites for hydroxylation is 4. The summed E-state index contributed by atoms with van der Waals surface area (Å²) in [5.74, 6) is 0.577. The topological polar surface area (TPSA) is 59.8 Å². The highest BCUT2D eigenvalue weighted by molar-refractivity contribution is 5.91. The number of pyridine rings is 1. The molecule has 1 amide bonds. The van der Waals surface area contributed by atoms with E-state index in [1.54, 1.807) is 12.4 Å². The van der Waals surface area contributed by atoms with Crippen LogP contribution in [0.4, 0.5) is 5.82 Å². The number of benzene rings is 1. The van der Waals surface area contributed by atoms with E-state index in [2.05, 4.69) is 33.6 Å². The van der Waals surface area contributed by atoms with Crippen molar-refractivity contribution in [2.75, 3.05) is 5.32 Å². The highest BCUT2D eigenvalue weighted by Gasteiger charge is 2.12. The van der Waals surface area contributed by atoms with Crippen LogP contribution in [0.15, 0.2) is 55.0 Å². The van der Waals surface area contributed by atoms with E-state index >= 15 is 0 Å². The van der Waals surface area contributed by atoms with Gasteiger partial charge in [0.05, 0.1) is 6.42 Å². The predicted octanol–water partition coefficient (Wildman–Crippen LogP) is 3.19. The molecule has 0 bridgehead atoms. The molecule has 5 heteroatoms. The number of anilines is 1. The molecule has 26 heavy (non-hydrogen) atoms. The quantitative estimate of drug-likeness (QED) is 0.746. The maximum Gasteiger partial charge on any atom is 0.229 e. The van der Waals surface area contributed by atoms with Crippen LogP contribution in [0.1, 0.15) is 28.7 Å². The Hall–Kier alpha value is -2.95. The van der Waals surface area contributed by atoms with Crippen LogP contribution in [-0.2, 0) is 37.0 Å². The fourth-order valence-electron chi connectivity index (χ4n) is 3.45. The average molecular weight is 346 g/mol. The largest absolute Gasteiger partial charge is 0.309 e. The Morgan fingerprint density at radius 1 is 1.04 bits per heavy atom. The van der Waals surface area contributed by atoms with Crippen molar-refractivity contribution in [2.45, 2.75) is 38.6 Å². The van der Waals surface area contributed by atoms with Gasteiger partial charge in [-0.1, -0.05) is 18.2 Å². The SMILES string of the molecule is O=C(Cc1ccc2c(c1)CCC2)Nc1ccn(CCc2ccncc2)n1. The number of amides is 1. The van der Waals surface area contributed by atoms with Crippen LogP contribution < -0.4 is 5.32 Å². The molecule has 0 aliphatic heterocycles. The summed E-state index contributed by atoms with van der Waals surface area (Å²) in [6, 6.07) is 12.3. The number of hydrogen-bond donors (Lipinski definition) is 1. The molecule has 0 spiro atoms. The molecule has 0 saturated carbocycles. The first-order valence-corrected chi connectivity index (χ1v) is 9.09. The Balaban J connectivity index is 1.31. The average Bonchev–Trinajstić information content (AvgIpc) is 3.29. The Morgan fingerprint density at radius 3 is 2.77 bits per heavy atom. The molecule has 5 nitrogen and oxygen atoms in total. The number of fused-ring (bicyclic) bond motifs is 1. The fraction of sp³-hybridized carbons (Fsp3) is 0.286. The lowest BCUT2D eigenvalue weighted by atomic mass is 10.0. The summed E-state index contributed by atoms with van der Waals surface area (Å²) >= 11 is 0. The smallest absolute Gasteiger partial charge is 0.229 e. The standard InChI is InChI=1S/C21H22N4O/c26-21(15-17-4-5-18-2-1-3-19(18)14-17)23-20-9-13-25(24-20)12-8-16-6-10-22-11-7-16/h4-7,9-11,13-14H,1-3,8,12,15H2,(H,23,24,26). The molecule has 1 aliphatic rings. The first-order valence-electron chi connectivity index (χ1n) is 9.09. The molecule has 0 saturated heterocycles. The second-order valence-corrected chi connectivity index (χ2v) is 6.75. The Bertz CT molecular complexity index is 901. The molecular weight excluding hydrogens is 324 g/mol. The summed E-state index contributed by atoms with van der Waals surface area (Å²) in [6.07, 6.45) is 10.3. The molecule has 2 aromatic heterocycles. The van der Waals surface area contributed by atoms with Crippen LogP contribution in [0.3, 0.4) is 0 Å². The van der Waals surface area contributed by atoms with Crippen molar-refractivity contribution in [3.8, 4) is 0 Å². The highest BCUT2D eigenvalue weighted by atomic mass is 16.1. The van der Waals surface area contributed by atoms with E-state index in [1.165, 1.54) is 29.5 Å². The summed E-state index contributed by atoms with van der Waals surface area (Å²) in [5, 5.41) is 7.33. The van der Waals surface area contributed by atoms with Crippen molar-refractivity contribution >= 4 is 11.7 Å². The summed E-state index contributed by atoms with van der Waals surface area (Å²) in [5.41, 5.74) is 5.12. The number of nitrogens with zero attached hydrogens (tertiary/aromatic N) is 3. The van der Waals surface area contributed by atoms with Crippen LogP contribution in [0, 0.1) is 0 Å². The summed E-state index contributed by atoms with van der Waals surface area (Å²) in [7, 11) is 0. The highest BCUT2D eigenvalue weighted by Crippen LogP contribution is 2.23. The first-order chi connectivity index (χ1) is 12.8. The van der Waals surface area contributed by atoms with Gasteiger partial charge in [-0.3, -0.25) is 14.5 Å². The number of carbonyl (C=O) groups excluding carboxylic acids is 1. The fourth-order valence-corrected chi connectivity index (χ4v) is 3.45. The predicted molar refractivity (Wildman–Crippen MR) is 101 cm³/mol. The minimum absolute atomic E-state index is 0.0256. The van der Waals surface area contributed by atoms with Gasteiger partial charge in [0.15, 0.2) is 5.82 Å². The number of hydrogen-bond acceptors (Lipinski definition) is 3. The molecule has 0 fully saturated rings. The van der Waals surface area contributed by atoms with Gasteiger partial charge < -0.3 is 5.32 Å². The second-order valence-electron chi connectivity index (χ2n) is 6.75. The van der Waals surface area contributed by atoms with E-state index in [0.717, 1.165) is 24.9 Å². The minimum atomic E-state index is -0.0256. The molecule has 132 valence electrons. The van der Waals surface area contributed by atoms with Gasteiger partial charge in [0, 0.05) is 31.2 Å². The van der Waals surface area contributed by atoms with E-state index in [1.807, 2.05) is 29.1 Å². The van der Waals surface area contributed by atoms with Crippen molar-refractivity contribution in [3.63, 3.8) is 0 Å². The van der Waals surface area contributed by atoms with Crippen molar-refractivity contribution in [3.05, 3.63) is 77.2 Å². The minimum Gasteiger partial charge on any atom is -0.309 e.